The van der Waals surface area contributed by atoms with Gasteiger partial charge in [-0.05, 0) is 36.4 Å². The summed E-state index contributed by atoms with van der Waals surface area (Å²) in [6, 6.07) is 8.41. The van der Waals surface area contributed by atoms with Crippen LogP contribution in [0.1, 0.15) is 18.9 Å². The Morgan fingerprint density at radius 2 is 2.17 bits per heavy atom. The van der Waals surface area contributed by atoms with Crippen LogP contribution in [0.4, 0.5) is 0 Å². The summed E-state index contributed by atoms with van der Waals surface area (Å²) >= 11 is 1.65. The Balaban J connectivity index is 2.10. The number of aryl methyl sites for hydroxylation is 1. The minimum absolute atomic E-state index is 0.898. The summed E-state index contributed by atoms with van der Waals surface area (Å²) < 4.78 is 1.93. The standard InChI is InChI=1S/C13H18N4S/c1-3-8-14-9-11-6-4-5-7-12(11)18-13-16-15-10-17(13)2/h4-7,10,14H,3,8-9H2,1-2H3. The number of nitrogens with one attached hydrogen (secondary N) is 1. The van der Waals surface area contributed by atoms with E-state index in [0.29, 0.717) is 0 Å². The summed E-state index contributed by atoms with van der Waals surface area (Å²) in [5.74, 6) is 0. The van der Waals surface area contributed by atoms with E-state index < -0.39 is 0 Å². The van der Waals surface area contributed by atoms with Crippen LogP contribution in [0, 0.1) is 0 Å². The van der Waals surface area contributed by atoms with Crippen molar-refractivity contribution in [1.29, 1.82) is 0 Å². The van der Waals surface area contributed by atoms with Gasteiger partial charge < -0.3 is 9.88 Å². The van der Waals surface area contributed by atoms with Crippen LogP contribution in [0.5, 0.6) is 0 Å². The number of hydrogen-bond donors (Lipinski definition) is 1. The molecule has 0 radical (unpaired) electrons. The fraction of sp³-hybridized carbons (Fsp3) is 0.385. The first kappa shape index (κ1) is 13.1. The lowest BCUT2D eigenvalue weighted by molar-refractivity contribution is 0.669. The molecule has 0 saturated carbocycles. The van der Waals surface area contributed by atoms with Gasteiger partial charge in [-0.25, -0.2) is 0 Å². The number of nitrogens with zero attached hydrogens (tertiary/aromatic N) is 3. The van der Waals surface area contributed by atoms with Crippen LogP contribution in [0.15, 0.2) is 40.6 Å². The highest BCUT2D eigenvalue weighted by Crippen LogP contribution is 2.28. The van der Waals surface area contributed by atoms with E-state index >= 15 is 0 Å². The van der Waals surface area contributed by atoms with Crippen LogP contribution >= 0.6 is 11.8 Å². The summed E-state index contributed by atoms with van der Waals surface area (Å²) in [7, 11) is 1.96. The van der Waals surface area contributed by atoms with Gasteiger partial charge >= 0.3 is 0 Å². The highest BCUT2D eigenvalue weighted by atomic mass is 32.2. The van der Waals surface area contributed by atoms with Gasteiger partial charge in [0.25, 0.3) is 0 Å². The van der Waals surface area contributed by atoms with Crippen LogP contribution < -0.4 is 5.32 Å². The third-order valence-corrected chi connectivity index (χ3v) is 3.76. The zero-order chi connectivity index (χ0) is 12.8. The lowest BCUT2D eigenvalue weighted by Crippen LogP contribution is -2.14. The first-order chi connectivity index (χ1) is 8.81. The molecule has 0 spiro atoms. The van der Waals surface area contributed by atoms with Crippen molar-refractivity contribution in [3.8, 4) is 0 Å². The van der Waals surface area contributed by atoms with E-state index in [4.69, 9.17) is 0 Å². The third kappa shape index (κ3) is 3.34. The summed E-state index contributed by atoms with van der Waals surface area (Å²) in [6.07, 6.45) is 2.87. The van der Waals surface area contributed by atoms with Crippen molar-refractivity contribution in [2.75, 3.05) is 6.54 Å². The van der Waals surface area contributed by atoms with Gasteiger partial charge in [0.2, 0.25) is 0 Å². The Hall–Kier alpha value is -1.33. The second-order valence-electron chi connectivity index (χ2n) is 4.11. The van der Waals surface area contributed by atoms with Crippen molar-refractivity contribution in [3.05, 3.63) is 36.2 Å². The van der Waals surface area contributed by atoms with Crippen LogP contribution in [-0.4, -0.2) is 21.3 Å². The molecular formula is C13H18N4S. The zero-order valence-electron chi connectivity index (χ0n) is 10.8. The number of hydrogen-bond acceptors (Lipinski definition) is 4. The molecule has 0 saturated heterocycles. The van der Waals surface area contributed by atoms with Gasteiger partial charge in [-0.2, -0.15) is 0 Å². The van der Waals surface area contributed by atoms with Crippen molar-refractivity contribution in [2.24, 2.45) is 7.05 Å². The third-order valence-electron chi connectivity index (χ3n) is 2.59. The normalized spacial score (nSPS) is 10.8. The molecular weight excluding hydrogens is 244 g/mol. The molecule has 0 amide bonds. The van der Waals surface area contributed by atoms with Gasteiger partial charge in [0.1, 0.15) is 6.33 Å². The molecule has 4 nitrogen and oxygen atoms in total. The van der Waals surface area contributed by atoms with E-state index in [1.54, 1.807) is 18.1 Å². The predicted octanol–water partition coefficient (Wildman–Crippen LogP) is 2.47. The quantitative estimate of drug-likeness (QED) is 0.812. The fourth-order valence-corrected chi connectivity index (χ4v) is 2.51. The molecule has 5 heteroatoms. The maximum absolute atomic E-state index is 4.10. The molecule has 1 aromatic heterocycles. The minimum Gasteiger partial charge on any atom is -0.313 e. The second kappa shape index (κ2) is 6.56. The van der Waals surface area contributed by atoms with Gasteiger partial charge in [0.15, 0.2) is 5.16 Å². The molecule has 96 valence electrons. The Kier molecular flexibility index (Phi) is 4.78. The minimum atomic E-state index is 0.898. The first-order valence-corrected chi connectivity index (χ1v) is 6.93. The molecule has 0 unspecified atom stereocenters. The Labute approximate surface area is 112 Å². The highest BCUT2D eigenvalue weighted by molar-refractivity contribution is 7.99. The lowest BCUT2D eigenvalue weighted by Gasteiger charge is -2.09. The molecule has 0 aliphatic heterocycles. The summed E-state index contributed by atoms with van der Waals surface area (Å²) in [5.41, 5.74) is 1.30. The van der Waals surface area contributed by atoms with E-state index in [1.165, 1.54) is 10.5 Å². The van der Waals surface area contributed by atoms with Crippen molar-refractivity contribution in [2.45, 2.75) is 29.9 Å². The molecule has 1 heterocycles. The van der Waals surface area contributed by atoms with Crippen LogP contribution in [0.2, 0.25) is 0 Å². The average Bonchev–Trinajstić information content (AvgIpc) is 2.78. The topological polar surface area (TPSA) is 42.7 Å². The Morgan fingerprint density at radius 1 is 1.33 bits per heavy atom. The lowest BCUT2D eigenvalue weighted by atomic mass is 10.2. The van der Waals surface area contributed by atoms with Crippen LogP contribution in [-0.2, 0) is 13.6 Å². The molecule has 0 aliphatic rings. The number of aromatic nitrogens is 3. The van der Waals surface area contributed by atoms with Crippen molar-refractivity contribution in [3.63, 3.8) is 0 Å². The molecule has 2 rings (SSSR count). The van der Waals surface area contributed by atoms with Crippen LogP contribution in [0.3, 0.4) is 0 Å². The molecule has 1 aromatic carbocycles. The molecule has 18 heavy (non-hydrogen) atoms. The van der Waals surface area contributed by atoms with E-state index in [0.717, 1.165) is 24.7 Å². The highest BCUT2D eigenvalue weighted by Gasteiger charge is 2.07. The SMILES string of the molecule is CCCNCc1ccccc1Sc1nncn1C. The van der Waals surface area contributed by atoms with Gasteiger partial charge in [-0.15, -0.1) is 10.2 Å². The number of rotatable bonds is 6. The summed E-state index contributed by atoms with van der Waals surface area (Å²) in [6.45, 7) is 4.12. The van der Waals surface area contributed by atoms with Crippen molar-refractivity contribution >= 4 is 11.8 Å². The first-order valence-electron chi connectivity index (χ1n) is 6.11. The monoisotopic (exact) mass is 262 g/mol. The van der Waals surface area contributed by atoms with E-state index in [9.17, 15) is 0 Å². The van der Waals surface area contributed by atoms with Gasteiger partial charge in [-0.1, -0.05) is 25.1 Å². The van der Waals surface area contributed by atoms with Crippen molar-refractivity contribution in [1.82, 2.24) is 20.1 Å². The summed E-state index contributed by atoms with van der Waals surface area (Å²) in [4.78, 5) is 1.23. The molecule has 0 bridgehead atoms. The molecule has 2 aromatic rings. The van der Waals surface area contributed by atoms with E-state index in [-0.39, 0.29) is 0 Å². The van der Waals surface area contributed by atoms with Gasteiger partial charge in [-0.3, -0.25) is 0 Å². The maximum atomic E-state index is 4.10. The van der Waals surface area contributed by atoms with E-state index in [1.807, 2.05) is 11.6 Å². The Bertz CT molecular complexity index is 495. The number of benzene rings is 1. The zero-order valence-corrected chi connectivity index (χ0v) is 11.6. The van der Waals surface area contributed by atoms with Crippen LogP contribution in [0.25, 0.3) is 0 Å². The second-order valence-corrected chi connectivity index (χ2v) is 5.12. The molecule has 0 fully saturated rings. The van der Waals surface area contributed by atoms with Gasteiger partial charge in [0, 0.05) is 18.5 Å². The maximum Gasteiger partial charge on any atom is 0.195 e. The largest absolute Gasteiger partial charge is 0.313 e. The van der Waals surface area contributed by atoms with Crippen molar-refractivity contribution < 1.29 is 0 Å². The van der Waals surface area contributed by atoms with Gasteiger partial charge in [0.05, 0.1) is 0 Å². The smallest absolute Gasteiger partial charge is 0.195 e. The predicted molar refractivity (Wildman–Crippen MR) is 73.6 cm³/mol. The molecule has 0 aliphatic carbocycles. The Morgan fingerprint density at radius 3 is 2.89 bits per heavy atom. The molecule has 1 N–H and O–H groups in total. The summed E-state index contributed by atoms with van der Waals surface area (Å²) in [5, 5.41) is 12.3. The average molecular weight is 262 g/mol. The molecule has 0 atom stereocenters. The fourth-order valence-electron chi connectivity index (χ4n) is 1.61. The van der Waals surface area contributed by atoms with E-state index in [2.05, 4.69) is 46.7 Å².